The van der Waals surface area contributed by atoms with Gasteiger partial charge in [0.2, 0.25) is 0 Å². The average molecular weight is 330 g/mol. The van der Waals surface area contributed by atoms with Gasteiger partial charge in [0, 0.05) is 30.7 Å². The lowest BCUT2D eigenvalue weighted by Crippen LogP contribution is -2.23. The van der Waals surface area contributed by atoms with Crippen molar-refractivity contribution in [1.29, 1.82) is 0 Å². The smallest absolute Gasteiger partial charge is 0.137 e. The van der Waals surface area contributed by atoms with Crippen LogP contribution in [-0.2, 0) is 13.0 Å². The molecular formula is C19H26N2O3. The van der Waals surface area contributed by atoms with Crippen molar-refractivity contribution in [2.24, 2.45) is 0 Å². The number of rotatable bonds is 7. The van der Waals surface area contributed by atoms with E-state index in [2.05, 4.69) is 29.1 Å². The Morgan fingerprint density at radius 2 is 2.12 bits per heavy atom. The normalized spacial score (nSPS) is 18.0. The molecule has 0 aliphatic carbocycles. The lowest BCUT2D eigenvalue weighted by atomic mass is 10.1. The van der Waals surface area contributed by atoms with Gasteiger partial charge in [0.15, 0.2) is 0 Å². The van der Waals surface area contributed by atoms with Crippen LogP contribution in [0.3, 0.4) is 0 Å². The van der Waals surface area contributed by atoms with Crippen LogP contribution in [-0.4, -0.2) is 30.8 Å². The number of hydrogen-bond donors (Lipinski definition) is 0. The molecule has 3 rings (SSSR count). The molecule has 1 aliphatic heterocycles. The van der Waals surface area contributed by atoms with Gasteiger partial charge >= 0.3 is 0 Å². The SMILES string of the molecule is CCCc1cc([C@H]2CCCN2Cc2ccc(OC)cc2OC)no1. The van der Waals surface area contributed by atoms with E-state index in [0.29, 0.717) is 6.04 Å². The Kier molecular flexibility index (Phi) is 5.41. The summed E-state index contributed by atoms with van der Waals surface area (Å²) in [5.41, 5.74) is 2.23. The fourth-order valence-corrected chi connectivity index (χ4v) is 3.40. The second-order valence-electron chi connectivity index (χ2n) is 6.27. The lowest BCUT2D eigenvalue weighted by Gasteiger charge is -2.23. The van der Waals surface area contributed by atoms with Crippen LogP contribution in [0.4, 0.5) is 0 Å². The molecule has 1 saturated heterocycles. The van der Waals surface area contributed by atoms with Crippen molar-refractivity contribution in [3.63, 3.8) is 0 Å². The molecule has 24 heavy (non-hydrogen) atoms. The molecule has 0 saturated carbocycles. The third-order valence-electron chi connectivity index (χ3n) is 4.65. The third kappa shape index (κ3) is 3.56. The fourth-order valence-electron chi connectivity index (χ4n) is 3.40. The van der Waals surface area contributed by atoms with Gasteiger partial charge in [-0.2, -0.15) is 0 Å². The molecule has 0 N–H and O–H groups in total. The summed E-state index contributed by atoms with van der Waals surface area (Å²) >= 11 is 0. The highest BCUT2D eigenvalue weighted by Gasteiger charge is 2.29. The monoisotopic (exact) mass is 330 g/mol. The highest BCUT2D eigenvalue weighted by molar-refractivity contribution is 5.40. The van der Waals surface area contributed by atoms with E-state index >= 15 is 0 Å². The van der Waals surface area contributed by atoms with Crippen molar-refractivity contribution in [1.82, 2.24) is 10.1 Å². The van der Waals surface area contributed by atoms with Crippen LogP contribution in [0.15, 0.2) is 28.8 Å². The standard InChI is InChI=1S/C19H26N2O3/c1-4-6-16-11-17(20-24-16)18-7-5-10-21(18)13-14-8-9-15(22-2)12-19(14)23-3/h8-9,11-12,18H,4-7,10,13H2,1-3H3/t18-/m1/s1. The minimum Gasteiger partial charge on any atom is -0.497 e. The minimum atomic E-state index is 0.325. The summed E-state index contributed by atoms with van der Waals surface area (Å²) in [4.78, 5) is 2.46. The largest absolute Gasteiger partial charge is 0.497 e. The van der Waals surface area contributed by atoms with Gasteiger partial charge in [-0.25, -0.2) is 0 Å². The lowest BCUT2D eigenvalue weighted by molar-refractivity contribution is 0.233. The molecule has 1 aliphatic rings. The Labute approximate surface area is 143 Å². The van der Waals surface area contributed by atoms with Crippen molar-refractivity contribution in [2.75, 3.05) is 20.8 Å². The molecule has 5 nitrogen and oxygen atoms in total. The molecular weight excluding hydrogens is 304 g/mol. The summed E-state index contributed by atoms with van der Waals surface area (Å²) in [5, 5.41) is 4.31. The highest BCUT2D eigenvalue weighted by Crippen LogP contribution is 2.35. The van der Waals surface area contributed by atoms with E-state index < -0.39 is 0 Å². The van der Waals surface area contributed by atoms with E-state index in [9.17, 15) is 0 Å². The van der Waals surface area contributed by atoms with Crippen LogP contribution in [0.5, 0.6) is 11.5 Å². The van der Waals surface area contributed by atoms with E-state index in [0.717, 1.165) is 55.3 Å². The predicted molar refractivity (Wildman–Crippen MR) is 92.4 cm³/mol. The molecule has 0 spiro atoms. The van der Waals surface area contributed by atoms with E-state index in [1.165, 1.54) is 12.0 Å². The van der Waals surface area contributed by atoms with Gasteiger partial charge in [0.1, 0.15) is 23.0 Å². The highest BCUT2D eigenvalue weighted by atomic mass is 16.5. The molecule has 5 heteroatoms. The predicted octanol–water partition coefficient (Wildman–Crippen LogP) is 3.98. The number of likely N-dealkylation sites (tertiary alicyclic amines) is 1. The Morgan fingerprint density at radius 1 is 1.25 bits per heavy atom. The summed E-state index contributed by atoms with van der Waals surface area (Å²) in [7, 11) is 3.37. The number of benzene rings is 1. The van der Waals surface area contributed by atoms with Crippen LogP contribution >= 0.6 is 0 Å². The quantitative estimate of drug-likeness (QED) is 0.768. The number of hydrogen-bond acceptors (Lipinski definition) is 5. The van der Waals surface area contributed by atoms with Gasteiger partial charge in [-0.3, -0.25) is 4.90 Å². The van der Waals surface area contributed by atoms with E-state index in [1.807, 2.05) is 12.1 Å². The molecule has 1 aromatic carbocycles. The molecule has 2 heterocycles. The molecule has 1 fully saturated rings. The van der Waals surface area contributed by atoms with Gasteiger partial charge in [0.05, 0.1) is 20.3 Å². The first-order chi connectivity index (χ1) is 11.7. The van der Waals surface area contributed by atoms with Crippen LogP contribution in [0.1, 0.15) is 49.2 Å². The topological polar surface area (TPSA) is 47.7 Å². The first kappa shape index (κ1) is 16.8. The number of aryl methyl sites for hydroxylation is 1. The Balaban J connectivity index is 1.76. The number of methoxy groups -OCH3 is 2. The molecule has 1 atom stereocenters. The molecule has 0 bridgehead atoms. The molecule has 0 radical (unpaired) electrons. The van der Waals surface area contributed by atoms with Gasteiger partial charge in [-0.05, 0) is 31.9 Å². The summed E-state index contributed by atoms with van der Waals surface area (Å²) in [5.74, 6) is 2.67. The van der Waals surface area contributed by atoms with E-state index in [-0.39, 0.29) is 0 Å². The first-order valence-corrected chi connectivity index (χ1v) is 8.65. The number of aromatic nitrogens is 1. The summed E-state index contributed by atoms with van der Waals surface area (Å²) in [6.45, 7) is 4.06. The zero-order chi connectivity index (χ0) is 16.9. The van der Waals surface area contributed by atoms with Gasteiger partial charge in [0.25, 0.3) is 0 Å². The van der Waals surface area contributed by atoms with Crippen LogP contribution < -0.4 is 9.47 Å². The Morgan fingerprint density at radius 3 is 2.88 bits per heavy atom. The Hall–Kier alpha value is -2.01. The third-order valence-corrected chi connectivity index (χ3v) is 4.65. The first-order valence-electron chi connectivity index (χ1n) is 8.65. The number of nitrogens with zero attached hydrogens (tertiary/aromatic N) is 2. The maximum atomic E-state index is 5.53. The summed E-state index contributed by atoms with van der Waals surface area (Å²) in [6, 6.07) is 8.45. The van der Waals surface area contributed by atoms with Crippen LogP contribution in [0.2, 0.25) is 0 Å². The maximum Gasteiger partial charge on any atom is 0.137 e. The molecule has 0 unspecified atom stereocenters. The van der Waals surface area contributed by atoms with Crippen molar-refractivity contribution in [3.8, 4) is 11.5 Å². The van der Waals surface area contributed by atoms with Gasteiger partial charge in [-0.1, -0.05) is 18.1 Å². The van der Waals surface area contributed by atoms with E-state index in [1.54, 1.807) is 14.2 Å². The second kappa shape index (κ2) is 7.71. The van der Waals surface area contributed by atoms with Crippen LogP contribution in [0, 0.1) is 0 Å². The molecule has 2 aromatic rings. The zero-order valence-electron chi connectivity index (χ0n) is 14.7. The fraction of sp³-hybridized carbons (Fsp3) is 0.526. The second-order valence-corrected chi connectivity index (χ2v) is 6.27. The van der Waals surface area contributed by atoms with Gasteiger partial charge < -0.3 is 14.0 Å². The summed E-state index contributed by atoms with van der Waals surface area (Å²) < 4.78 is 16.3. The average Bonchev–Trinajstić information content (AvgIpc) is 3.24. The summed E-state index contributed by atoms with van der Waals surface area (Å²) in [6.07, 6.45) is 4.33. The van der Waals surface area contributed by atoms with Crippen molar-refractivity contribution < 1.29 is 14.0 Å². The molecule has 130 valence electrons. The van der Waals surface area contributed by atoms with Crippen molar-refractivity contribution in [2.45, 2.75) is 45.2 Å². The Bertz CT molecular complexity index is 668. The maximum absolute atomic E-state index is 5.53. The number of ether oxygens (including phenoxy) is 2. The van der Waals surface area contributed by atoms with Crippen molar-refractivity contribution >= 4 is 0 Å². The zero-order valence-corrected chi connectivity index (χ0v) is 14.7. The minimum absolute atomic E-state index is 0.325. The van der Waals surface area contributed by atoms with Crippen LogP contribution in [0.25, 0.3) is 0 Å². The van der Waals surface area contributed by atoms with Gasteiger partial charge in [-0.15, -0.1) is 0 Å². The molecule has 0 amide bonds. The van der Waals surface area contributed by atoms with Crippen molar-refractivity contribution in [3.05, 3.63) is 41.3 Å². The van der Waals surface area contributed by atoms with E-state index in [4.69, 9.17) is 14.0 Å². The molecule has 1 aromatic heterocycles.